The fourth-order valence-electron chi connectivity index (χ4n) is 1.86. The third-order valence-electron chi connectivity index (χ3n) is 2.86. The van der Waals surface area contributed by atoms with Crippen molar-refractivity contribution in [3.8, 4) is 0 Å². The van der Waals surface area contributed by atoms with E-state index in [-0.39, 0.29) is 11.4 Å². The number of rotatable bonds is 5. The van der Waals surface area contributed by atoms with Crippen LogP contribution in [0.4, 0.5) is 13.2 Å². The zero-order valence-electron chi connectivity index (χ0n) is 10.5. The van der Waals surface area contributed by atoms with Gasteiger partial charge in [0.15, 0.2) is 0 Å². The van der Waals surface area contributed by atoms with Gasteiger partial charge in [-0.05, 0) is 35.4 Å². The SMILES string of the molecule is Fc1ccc(Br)c(CNCc2cccc(C(F)F)c2)c1. The quantitative estimate of drug-likeness (QED) is 0.820. The molecule has 0 heterocycles. The Morgan fingerprint density at radius 1 is 1.05 bits per heavy atom. The van der Waals surface area contributed by atoms with Gasteiger partial charge >= 0.3 is 0 Å². The van der Waals surface area contributed by atoms with Crippen LogP contribution in [-0.4, -0.2) is 0 Å². The Balaban J connectivity index is 1.96. The molecule has 0 aliphatic carbocycles. The molecule has 0 aliphatic rings. The summed E-state index contributed by atoms with van der Waals surface area (Å²) in [6, 6.07) is 10.7. The highest BCUT2D eigenvalue weighted by atomic mass is 79.9. The van der Waals surface area contributed by atoms with E-state index in [0.717, 1.165) is 15.6 Å². The Morgan fingerprint density at radius 2 is 1.85 bits per heavy atom. The summed E-state index contributed by atoms with van der Waals surface area (Å²) in [6.07, 6.45) is -2.47. The van der Waals surface area contributed by atoms with E-state index in [0.29, 0.717) is 13.1 Å². The minimum Gasteiger partial charge on any atom is -0.309 e. The number of nitrogens with one attached hydrogen (secondary N) is 1. The van der Waals surface area contributed by atoms with Gasteiger partial charge in [0.25, 0.3) is 6.43 Å². The molecule has 0 saturated heterocycles. The normalized spacial score (nSPS) is 11.1. The van der Waals surface area contributed by atoms with Crippen molar-refractivity contribution in [1.29, 1.82) is 0 Å². The molecule has 5 heteroatoms. The van der Waals surface area contributed by atoms with E-state index in [1.54, 1.807) is 18.2 Å². The number of alkyl halides is 2. The fraction of sp³-hybridized carbons (Fsp3) is 0.200. The van der Waals surface area contributed by atoms with Gasteiger partial charge in [-0.3, -0.25) is 0 Å². The van der Waals surface area contributed by atoms with Crippen molar-refractivity contribution in [2.45, 2.75) is 19.5 Å². The van der Waals surface area contributed by atoms with Crippen LogP contribution in [0.1, 0.15) is 23.1 Å². The maximum Gasteiger partial charge on any atom is 0.263 e. The molecule has 0 aromatic heterocycles. The average molecular weight is 344 g/mol. The van der Waals surface area contributed by atoms with Crippen molar-refractivity contribution in [3.63, 3.8) is 0 Å². The van der Waals surface area contributed by atoms with Crippen molar-refractivity contribution < 1.29 is 13.2 Å². The Morgan fingerprint density at radius 3 is 2.60 bits per heavy atom. The van der Waals surface area contributed by atoms with Gasteiger partial charge in [-0.25, -0.2) is 13.2 Å². The van der Waals surface area contributed by atoms with Crippen molar-refractivity contribution in [2.75, 3.05) is 0 Å². The number of hydrogen-bond donors (Lipinski definition) is 1. The van der Waals surface area contributed by atoms with E-state index in [1.165, 1.54) is 24.3 Å². The summed E-state index contributed by atoms with van der Waals surface area (Å²) in [5, 5.41) is 3.11. The van der Waals surface area contributed by atoms with Gasteiger partial charge in [-0.1, -0.05) is 34.1 Å². The first kappa shape index (κ1) is 15.1. The van der Waals surface area contributed by atoms with Gasteiger partial charge in [0.1, 0.15) is 5.82 Å². The predicted molar refractivity (Wildman–Crippen MR) is 76.0 cm³/mol. The minimum atomic E-state index is -2.47. The van der Waals surface area contributed by atoms with Gasteiger partial charge in [0.2, 0.25) is 0 Å². The number of benzene rings is 2. The second-order valence-electron chi connectivity index (χ2n) is 4.39. The Hall–Kier alpha value is -1.33. The first-order valence-corrected chi connectivity index (χ1v) is 6.87. The summed E-state index contributed by atoms with van der Waals surface area (Å²) in [7, 11) is 0. The summed E-state index contributed by atoms with van der Waals surface area (Å²) in [4.78, 5) is 0. The molecule has 2 aromatic rings. The molecule has 0 fully saturated rings. The van der Waals surface area contributed by atoms with Crippen molar-refractivity contribution in [1.82, 2.24) is 5.32 Å². The van der Waals surface area contributed by atoms with Gasteiger partial charge in [-0.2, -0.15) is 0 Å². The molecule has 0 saturated carbocycles. The zero-order chi connectivity index (χ0) is 14.5. The smallest absolute Gasteiger partial charge is 0.263 e. The molecule has 0 amide bonds. The molecule has 106 valence electrons. The molecule has 1 N–H and O–H groups in total. The lowest BCUT2D eigenvalue weighted by Gasteiger charge is -2.08. The van der Waals surface area contributed by atoms with Gasteiger partial charge < -0.3 is 5.32 Å². The van der Waals surface area contributed by atoms with Crippen LogP contribution < -0.4 is 5.32 Å². The molecule has 0 radical (unpaired) electrons. The van der Waals surface area contributed by atoms with Gasteiger partial charge in [0, 0.05) is 23.1 Å². The van der Waals surface area contributed by atoms with Crippen LogP contribution in [0, 0.1) is 5.82 Å². The number of hydrogen-bond acceptors (Lipinski definition) is 1. The molecule has 0 aliphatic heterocycles. The maximum absolute atomic E-state index is 13.1. The zero-order valence-corrected chi connectivity index (χ0v) is 12.1. The molecule has 0 atom stereocenters. The summed E-state index contributed by atoms with van der Waals surface area (Å²) < 4.78 is 39.0. The Bertz CT molecular complexity index is 587. The lowest BCUT2D eigenvalue weighted by Crippen LogP contribution is -2.13. The topological polar surface area (TPSA) is 12.0 Å². The van der Waals surface area contributed by atoms with Crippen LogP contribution >= 0.6 is 15.9 Å². The van der Waals surface area contributed by atoms with Crippen LogP contribution in [0.15, 0.2) is 46.9 Å². The van der Waals surface area contributed by atoms with Crippen LogP contribution in [0.25, 0.3) is 0 Å². The molecular formula is C15H13BrF3N. The largest absolute Gasteiger partial charge is 0.309 e. The average Bonchev–Trinajstić information content (AvgIpc) is 2.43. The first-order valence-electron chi connectivity index (χ1n) is 6.08. The first-order chi connectivity index (χ1) is 9.56. The van der Waals surface area contributed by atoms with E-state index >= 15 is 0 Å². The summed E-state index contributed by atoms with van der Waals surface area (Å²) in [5.41, 5.74) is 1.57. The van der Waals surface area contributed by atoms with E-state index < -0.39 is 6.43 Å². The molecule has 2 aromatic carbocycles. The van der Waals surface area contributed by atoms with Crippen molar-refractivity contribution in [3.05, 3.63) is 69.4 Å². The second-order valence-corrected chi connectivity index (χ2v) is 5.24. The standard InChI is InChI=1S/C15H13BrF3N/c16-14-5-4-13(17)7-12(14)9-20-8-10-2-1-3-11(6-10)15(18)19/h1-7,15,20H,8-9H2. The minimum absolute atomic E-state index is 0.0104. The second kappa shape index (κ2) is 6.90. The van der Waals surface area contributed by atoms with E-state index in [2.05, 4.69) is 21.2 Å². The summed E-state index contributed by atoms with van der Waals surface area (Å²) >= 11 is 3.34. The lowest BCUT2D eigenvalue weighted by atomic mass is 10.1. The molecule has 20 heavy (non-hydrogen) atoms. The van der Waals surface area contributed by atoms with Crippen LogP contribution in [0.5, 0.6) is 0 Å². The lowest BCUT2D eigenvalue weighted by molar-refractivity contribution is 0.151. The van der Waals surface area contributed by atoms with Crippen LogP contribution in [-0.2, 0) is 13.1 Å². The highest BCUT2D eigenvalue weighted by Gasteiger charge is 2.07. The van der Waals surface area contributed by atoms with Crippen molar-refractivity contribution in [2.24, 2.45) is 0 Å². The third-order valence-corrected chi connectivity index (χ3v) is 3.63. The molecular weight excluding hydrogens is 331 g/mol. The number of halogens is 4. The highest BCUT2D eigenvalue weighted by Crippen LogP contribution is 2.20. The molecule has 0 bridgehead atoms. The maximum atomic E-state index is 13.1. The summed E-state index contributed by atoms with van der Waals surface area (Å²) in [5.74, 6) is -0.301. The fourth-order valence-corrected chi connectivity index (χ4v) is 2.25. The van der Waals surface area contributed by atoms with Gasteiger partial charge in [0.05, 0.1) is 0 Å². The Kier molecular flexibility index (Phi) is 5.20. The van der Waals surface area contributed by atoms with Crippen molar-refractivity contribution >= 4 is 15.9 Å². The Labute approximate surface area is 123 Å². The van der Waals surface area contributed by atoms with Crippen LogP contribution in [0.2, 0.25) is 0 Å². The van der Waals surface area contributed by atoms with Crippen LogP contribution in [0.3, 0.4) is 0 Å². The van der Waals surface area contributed by atoms with E-state index in [9.17, 15) is 13.2 Å². The molecule has 0 unspecified atom stereocenters. The summed E-state index contributed by atoms with van der Waals surface area (Å²) in [6.45, 7) is 0.904. The molecule has 0 spiro atoms. The predicted octanol–water partition coefficient (Wildman–Crippen LogP) is 4.82. The van der Waals surface area contributed by atoms with E-state index in [4.69, 9.17) is 0 Å². The van der Waals surface area contributed by atoms with Gasteiger partial charge in [-0.15, -0.1) is 0 Å². The molecule has 1 nitrogen and oxygen atoms in total. The third kappa shape index (κ3) is 4.08. The van der Waals surface area contributed by atoms with E-state index in [1.807, 2.05) is 0 Å². The highest BCUT2D eigenvalue weighted by molar-refractivity contribution is 9.10. The molecule has 2 rings (SSSR count). The monoisotopic (exact) mass is 343 g/mol.